The van der Waals surface area contributed by atoms with Gasteiger partial charge in [-0.25, -0.2) is 4.98 Å². The number of benzene rings is 2. The second-order valence-corrected chi connectivity index (χ2v) is 7.68. The molecule has 142 valence electrons. The van der Waals surface area contributed by atoms with Gasteiger partial charge in [-0.15, -0.1) is 23.1 Å². The normalized spacial score (nSPS) is 10.9. The van der Waals surface area contributed by atoms with Crippen molar-refractivity contribution in [1.82, 2.24) is 4.98 Å². The zero-order chi connectivity index (χ0) is 19.5. The van der Waals surface area contributed by atoms with Crippen molar-refractivity contribution in [3.05, 3.63) is 59.5 Å². The molecule has 2 heterocycles. The predicted octanol–water partition coefficient (Wildman–Crippen LogP) is 5.93. The van der Waals surface area contributed by atoms with Gasteiger partial charge in [0.15, 0.2) is 22.2 Å². The topological polar surface area (TPSA) is 64.4 Å². The summed E-state index contributed by atoms with van der Waals surface area (Å²) < 4.78 is 11.6. The lowest BCUT2D eigenvalue weighted by molar-refractivity contribution is 0.102. The van der Waals surface area contributed by atoms with Gasteiger partial charge in [0.1, 0.15) is 5.69 Å². The van der Waals surface area contributed by atoms with Gasteiger partial charge in [-0.2, -0.15) is 0 Å². The fourth-order valence-electron chi connectivity index (χ4n) is 2.81. The Bertz CT molecular complexity index is 1130. The van der Waals surface area contributed by atoms with Crippen molar-refractivity contribution < 1.29 is 13.9 Å². The van der Waals surface area contributed by atoms with E-state index < -0.39 is 0 Å². The van der Waals surface area contributed by atoms with E-state index in [4.69, 9.17) is 9.15 Å². The van der Waals surface area contributed by atoms with Gasteiger partial charge in [0.25, 0.3) is 5.91 Å². The van der Waals surface area contributed by atoms with Crippen molar-refractivity contribution >= 4 is 45.1 Å². The minimum Gasteiger partial charge on any atom is -0.490 e. The summed E-state index contributed by atoms with van der Waals surface area (Å²) in [5.74, 6) is 1.17. The van der Waals surface area contributed by atoms with Gasteiger partial charge in [0.2, 0.25) is 0 Å². The van der Waals surface area contributed by atoms with Crippen molar-refractivity contribution in [1.29, 1.82) is 0 Å². The third kappa shape index (κ3) is 3.76. The number of aromatic nitrogens is 1. The highest BCUT2D eigenvalue weighted by atomic mass is 32.2. The van der Waals surface area contributed by atoms with Crippen LogP contribution < -0.4 is 10.1 Å². The number of ether oxygens (including phenoxy) is 1. The van der Waals surface area contributed by atoms with Crippen molar-refractivity contribution in [2.75, 3.05) is 18.2 Å². The van der Waals surface area contributed by atoms with Crippen LogP contribution in [0.25, 0.3) is 22.4 Å². The van der Waals surface area contributed by atoms with Crippen LogP contribution in [0.15, 0.2) is 63.2 Å². The second kappa shape index (κ2) is 8.08. The predicted molar refractivity (Wildman–Crippen MR) is 115 cm³/mol. The molecule has 0 bridgehead atoms. The van der Waals surface area contributed by atoms with E-state index >= 15 is 0 Å². The van der Waals surface area contributed by atoms with Crippen LogP contribution in [0.2, 0.25) is 0 Å². The molecule has 1 N–H and O–H groups in total. The number of hydrogen-bond acceptors (Lipinski definition) is 6. The number of thiazole rings is 1. The number of rotatable bonds is 6. The van der Waals surface area contributed by atoms with Gasteiger partial charge in [0.05, 0.1) is 6.61 Å². The first-order valence-electron chi connectivity index (χ1n) is 8.74. The molecular formula is C21H18N2O3S2. The van der Waals surface area contributed by atoms with Crippen LogP contribution in [-0.2, 0) is 0 Å². The van der Waals surface area contributed by atoms with E-state index in [0.29, 0.717) is 40.1 Å². The monoisotopic (exact) mass is 410 g/mol. The molecule has 1 amide bonds. The highest BCUT2D eigenvalue weighted by Gasteiger charge is 2.15. The Morgan fingerprint density at radius 1 is 1.25 bits per heavy atom. The molecule has 0 unspecified atom stereocenters. The minimum absolute atomic E-state index is 0.181. The molecule has 0 aliphatic heterocycles. The highest BCUT2D eigenvalue weighted by molar-refractivity contribution is 7.98. The van der Waals surface area contributed by atoms with Crippen LogP contribution >= 0.6 is 23.1 Å². The molecule has 4 aromatic rings. The molecule has 0 aliphatic carbocycles. The number of carbonyl (C=O) groups is 1. The summed E-state index contributed by atoms with van der Waals surface area (Å²) in [5.41, 5.74) is 1.98. The lowest BCUT2D eigenvalue weighted by Gasteiger charge is -2.03. The number of hydrogen-bond donors (Lipinski definition) is 1. The zero-order valence-corrected chi connectivity index (χ0v) is 17.0. The first kappa shape index (κ1) is 18.6. The number of amides is 1. The number of carbonyl (C=O) groups excluding carboxylic acids is 1. The van der Waals surface area contributed by atoms with Gasteiger partial charge in [0, 0.05) is 21.2 Å². The standard InChI is InChI=1S/C21H18N2O3S2/c1-3-25-17-9-5-6-13-11-18(26-19(13)17)16-12-28-21(22-16)23-20(24)14-7-4-8-15(10-14)27-2/h4-12H,3H2,1-2H3,(H,22,23,24). The molecule has 5 nitrogen and oxygen atoms in total. The number of furan rings is 1. The van der Waals surface area contributed by atoms with Crippen molar-refractivity contribution in [3.8, 4) is 17.2 Å². The lowest BCUT2D eigenvalue weighted by atomic mass is 10.2. The summed E-state index contributed by atoms with van der Waals surface area (Å²) in [7, 11) is 0. The SMILES string of the molecule is CCOc1cccc2cc(-c3csc(NC(=O)c4cccc(SC)c4)n3)oc12. The Labute approximate surface area is 170 Å². The van der Waals surface area contributed by atoms with E-state index in [0.717, 1.165) is 10.3 Å². The maximum atomic E-state index is 12.5. The first-order valence-corrected chi connectivity index (χ1v) is 10.8. The molecule has 0 radical (unpaired) electrons. The molecule has 2 aromatic heterocycles. The van der Waals surface area contributed by atoms with E-state index in [-0.39, 0.29) is 5.91 Å². The van der Waals surface area contributed by atoms with Crippen molar-refractivity contribution in [2.45, 2.75) is 11.8 Å². The molecule has 0 saturated heterocycles. The molecule has 0 atom stereocenters. The van der Waals surface area contributed by atoms with Crippen LogP contribution in [0.3, 0.4) is 0 Å². The van der Waals surface area contributed by atoms with Crippen LogP contribution in [-0.4, -0.2) is 23.8 Å². The highest BCUT2D eigenvalue weighted by Crippen LogP contribution is 2.34. The van der Waals surface area contributed by atoms with E-state index in [1.54, 1.807) is 17.8 Å². The zero-order valence-electron chi connectivity index (χ0n) is 15.4. The lowest BCUT2D eigenvalue weighted by Crippen LogP contribution is -2.11. The van der Waals surface area contributed by atoms with Crippen LogP contribution in [0, 0.1) is 0 Å². The Kier molecular flexibility index (Phi) is 5.36. The van der Waals surface area contributed by atoms with Crippen molar-refractivity contribution in [2.24, 2.45) is 0 Å². The number of nitrogens with one attached hydrogen (secondary N) is 1. The summed E-state index contributed by atoms with van der Waals surface area (Å²) in [4.78, 5) is 18.0. The van der Waals surface area contributed by atoms with Gasteiger partial charge in [-0.3, -0.25) is 10.1 Å². The first-order chi connectivity index (χ1) is 13.7. The Hall–Kier alpha value is -2.77. The van der Waals surface area contributed by atoms with Crippen LogP contribution in [0.5, 0.6) is 5.75 Å². The average molecular weight is 411 g/mol. The molecule has 0 spiro atoms. The summed E-state index contributed by atoms with van der Waals surface area (Å²) in [6, 6.07) is 15.2. The van der Waals surface area contributed by atoms with E-state index in [9.17, 15) is 4.79 Å². The van der Waals surface area contributed by atoms with Gasteiger partial charge < -0.3 is 9.15 Å². The largest absolute Gasteiger partial charge is 0.490 e. The fourth-order valence-corrected chi connectivity index (χ4v) is 3.96. The molecule has 4 rings (SSSR count). The maximum absolute atomic E-state index is 12.5. The Morgan fingerprint density at radius 3 is 2.93 bits per heavy atom. The third-order valence-electron chi connectivity index (χ3n) is 4.12. The maximum Gasteiger partial charge on any atom is 0.257 e. The number of anilines is 1. The molecule has 28 heavy (non-hydrogen) atoms. The summed E-state index contributed by atoms with van der Waals surface area (Å²) >= 11 is 2.96. The summed E-state index contributed by atoms with van der Waals surface area (Å²) in [6.45, 7) is 2.51. The molecular weight excluding hydrogens is 392 g/mol. The number of para-hydroxylation sites is 1. The van der Waals surface area contributed by atoms with Gasteiger partial charge >= 0.3 is 0 Å². The average Bonchev–Trinajstić information content (AvgIpc) is 3.35. The van der Waals surface area contributed by atoms with E-state index in [2.05, 4.69) is 10.3 Å². The quantitative estimate of drug-likeness (QED) is 0.399. The van der Waals surface area contributed by atoms with Crippen LogP contribution in [0.1, 0.15) is 17.3 Å². The smallest absolute Gasteiger partial charge is 0.257 e. The molecule has 0 aliphatic rings. The second-order valence-electron chi connectivity index (χ2n) is 5.94. The number of thioether (sulfide) groups is 1. The summed E-state index contributed by atoms with van der Waals surface area (Å²) in [6.07, 6.45) is 1.98. The Balaban J connectivity index is 1.56. The van der Waals surface area contributed by atoms with Gasteiger partial charge in [-0.1, -0.05) is 18.2 Å². The van der Waals surface area contributed by atoms with E-state index in [1.807, 2.05) is 61.0 Å². The Morgan fingerprint density at radius 2 is 2.11 bits per heavy atom. The number of fused-ring (bicyclic) bond motifs is 1. The fraction of sp³-hybridized carbons (Fsp3) is 0.143. The molecule has 7 heteroatoms. The number of nitrogens with zero attached hydrogens (tertiary/aromatic N) is 1. The van der Waals surface area contributed by atoms with E-state index in [1.165, 1.54) is 11.3 Å². The van der Waals surface area contributed by atoms with Gasteiger partial charge in [-0.05, 0) is 43.5 Å². The molecule has 0 fully saturated rings. The van der Waals surface area contributed by atoms with Crippen molar-refractivity contribution in [3.63, 3.8) is 0 Å². The third-order valence-corrected chi connectivity index (χ3v) is 5.60. The molecule has 2 aromatic carbocycles. The molecule has 0 saturated carbocycles. The summed E-state index contributed by atoms with van der Waals surface area (Å²) in [5, 5.41) is 6.21. The minimum atomic E-state index is -0.181. The van der Waals surface area contributed by atoms with Crippen LogP contribution in [0.4, 0.5) is 5.13 Å².